The lowest BCUT2D eigenvalue weighted by atomic mass is 9.80. The molecule has 3 unspecified atom stereocenters. The summed E-state index contributed by atoms with van der Waals surface area (Å²) in [7, 11) is 1.80. The molecular formula is C17H33N3O. The Morgan fingerprint density at radius 3 is 2.81 bits per heavy atom. The van der Waals surface area contributed by atoms with Gasteiger partial charge in [0.25, 0.3) is 0 Å². The maximum absolute atomic E-state index is 5.30. The summed E-state index contributed by atoms with van der Waals surface area (Å²) in [4.78, 5) is 7.37. The minimum atomic E-state index is 0.660. The van der Waals surface area contributed by atoms with Crippen LogP contribution < -0.4 is 5.32 Å². The zero-order valence-corrected chi connectivity index (χ0v) is 14.1. The van der Waals surface area contributed by atoms with Gasteiger partial charge < -0.3 is 15.0 Å². The fourth-order valence-corrected chi connectivity index (χ4v) is 3.69. The minimum absolute atomic E-state index is 0.660. The van der Waals surface area contributed by atoms with Crippen LogP contribution in [0.5, 0.6) is 0 Å². The highest BCUT2D eigenvalue weighted by Crippen LogP contribution is 2.29. The number of hydrogen-bond acceptors (Lipinski definition) is 2. The topological polar surface area (TPSA) is 36.9 Å². The number of rotatable bonds is 5. The van der Waals surface area contributed by atoms with Crippen molar-refractivity contribution in [3.05, 3.63) is 0 Å². The molecule has 1 heterocycles. The van der Waals surface area contributed by atoms with Crippen LogP contribution in [0.3, 0.4) is 0 Å². The van der Waals surface area contributed by atoms with E-state index in [0.717, 1.165) is 50.6 Å². The molecule has 1 saturated carbocycles. The van der Waals surface area contributed by atoms with Crippen LogP contribution in [0.2, 0.25) is 0 Å². The number of ether oxygens (including phenoxy) is 1. The molecule has 1 aliphatic heterocycles. The number of methoxy groups -OCH3 is 1. The second-order valence-corrected chi connectivity index (χ2v) is 6.77. The van der Waals surface area contributed by atoms with Crippen molar-refractivity contribution in [2.75, 3.05) is 39.9 Å². The van der Waals surface area contributed by atoms with Gasteiger partial charge in [0, 0.05) is 39.2 Å². The quantitative estimate of drug-likeness (QED) is 0.626. The van der Waals surface area contributed by atoms with Crippen molar-refractivity contribution in [2.24, 2.45) is 22.7 Å². The monoisotopic (exact) mass is 295 g/mol. The fraction of sp³-hybridized carbons (Fsp3) is 0.941. The predicted octanol–water partition coefficient (Wildman–Crippen LogP) is 2.75. The first kappa shape index (κ1) is 16.6. The Balaban J connectivity index is 1.90. The molecule has 122 valence electrons. The van der Waals surface area contributed by atoms with Crippen LogP contribution >= 0.6 is 0 Å². The lowest BCUT2D eigenvalue weighted by Crippen LogP contribution is -2.40. The van der Waals surface area contributed by atoms with Gasteiger partial charge in [-0.1, -0.05) is 26.2 Å². The summed E-state index contributed by atoms with van der Waals surface area (Å²) < 4.78 is 5.30. The summed E-state index contributed by atoms with van der Waals surface area (Å²) in [6.45, 7) is 9.56. The summed E-state index contributed by atoms with van der Waals surface area (Å²) in [5.74, 6) is 3.40. The summed E-state index contributed by atoms with van der Waals surface area (Å²) in [6, 6.07) is 0. The van der Waals surface area contributed by atoms with Gasteiger partial charge in [0.2, 0.25) is 0 Å². The lowest BCUT2D eigenvalue weighted by molar-refractivity contribution is 0.157. The molecule has 1 N–H and O–H groups in total. The van der Waals surface area contributed by atoms with E-state index < -0.39 is 0 Å². The van der Waals surface area contributed by atoms with E-state index in [-0.39, 0.29) is 0 Å². The zero-order valence-electron chi connectivity index (χ0n) is 14.1. The molecule has 0 aromatic rings. The van der Waals surface area contributed by atoms with Crippen LogP contribution in [0.15, 0.2) is 4.99 Å². The second kappa shape index (κ2) is 8.62. The molecule has 1 saturated heterocycles. The molecule has 0 amide bonds. The van der Waals surface area contributed by atoms with E-state index in [0.29, 0.717) is 5.92 Å². The Morgan fingerprint density at radius 2 is 2.10 bits per heavy atom. The second-order valence-electron chi connectivity index (χ2n) is 6.77. The molecule has 21 heavy (non-hydrogen) atoms. The molecule has 2 aliphatic rings. The molecule has 0 aromatic carbocycles. The van der Waals surface area contributed by atoms with Crippen molar-refractivity contribution in [3.8, 4) is 0 Å². The minimum Gasteiger partial charge on any atom is -0.384 e. The largest absolute Gasteiger partial charge is 0.384 e. The lowest BCUT2D eigenvalue weighted by Gasteiger charge is -2.28. The Hall–Kier alpha value is -0.770. The molecule has 2 fully saturated rings. The van der Waals surface area contributed by atoms with Crippen molar-refractivity contribution in [1.82, 2.24) is 10.2 Å². The van der Waals surface area contributed by atoms with Crippen molar-refractivity contribution >= 4 is 5.96 Å². The maximum Gasteiger partial charge on any atom is 0.193 e. The van der Waals surface area contributed by atoms with Crippen molar-refractivity contribution in [3.63, 3.8) is 0 Å². The van der Waals surface area contributed by atoms with Gasteiger partial charge in [-0.15, -0.1) is 0 Å². The van der Waals surface area contributed by atoms with Gasteiger partial charge >= 0.3 is 0 Å². The molecule has 1 aliphatic carbocycles. The van der Waals surface area contributed by atoms with Crippen LogP contribution in [0.25, 0.3) is 0 Å². The number of hydrogen-bond donors (Lipinski definition) is 1. The van der Waals surface area contributed by atoms with E-state index >= 15 is 0 Å². The van der Waals surface area contributed by atoms with Gasteiger partial charge in [0.15, 0.2) is 5.96 Å². The van der Waals surface area contributed by atoms with Gasteiger partial charge in [-0.2, -0.15) is 0 Å². The highest BCUT2D eigenvalue weighted by molar-refractivity contribution is 5.80. The summed E-state index contributed by atoms with van der Waals surface area (Å²) in [5.41, 5.74) is 0. The van der Waals surface area contributed by atoms with Crippen LogP contribution in [-0.2, 0) is 4.74 Å². The first-order valence-electron chi connectivity index (χ1n) is 8.76. The van der Waals surface area contributed by atoms with Crippen LogP contribution in [0, 0.1) is 17.8 Å². The third-order valence-electron chi connectivity index (χ3n) is 5.09. The maximum atomic E-state index is 5.30. The van der Waals surface area contributed by atoms with E-state index in [2.05, 4.69) is 24.1 Å². The number of aliphatic imine (C=N–C) groups is 1. The molecular weight excluding hydrogens is 262 g/mol. The normalized spacial score (nSPS) is 30.7. The molecule has 4 heteroatoms. The van der Waals surface area contributed by atoms with Gasteiger partial charge in [-0.05, 0) is 31.6 Å². The van der Waals surface area contributed by atoms with Crippen LogP contribution in [0.4, 0.5) is 0 Å². The molecule has 0 radical (unpaired) electrons. The average Bonchev–Trinajstić information content (AvgIpc) is 2.94. The summed E-state index contributed by atoms with van der Waals surface area (Å²) >= 11 is 0. The number of likely N-dealkylation sites (tertiary alicyclic amines) is 1. The Morgan fingerprint density at radius 1 is 1.29 bits per heavy atom. The standard InChI is InChI=1S/C17H33N3O/c1-4-18-17(20-10-9-15(12-20)13-21-3)19-11-16-8-6-5-7-14(16)2/h14-16H,4-13H2,1-3H3,(H,18,19). The molecule has 3 atom stereocenters. The average molecular weight is 295 g/mol. The molecule has 0 spiro atoms. The van der Waals surface area contributed by atoms with Gasteiger partial charge in [0.05, 0.1) is 6.61 Å². The first-order chi connectivity index (χ1) is 10.2. The van der Waals surface area contributed by atoms with Crippen LogP contribution in [0.1, 0.15) is 46.0 Å². The Kier molecular flexibility index (Phi) is 6.81. The molecule has 0 aromatic heterocycles. The third kappa shape index (κ3) is 4.87. The predicted molar refractivity (Wildman–Crippen MR) is 88.7 cm³/mol. The zero-order chi connectivity index (χ0) is 15.1. The number of guanidine groups is 1. The summed E-state index contributed by atoms with van der Waals surface area (Å²) in [6.07, 6.45) is 6.76. The van der Waals surface area contributed by atoms with Gasteiger partial charge in [-0.25, -0.2) is 0 Å². The molecule has 4 nitrogen and oxygen atoms in total. The highest BCUT2D eigenvalue weighted by atomic mass is 16.5. The van der Waals surface area contributed by atoms with Crippen LogP contribution in [-0.4, -0.2) is 50.8 Å². The van der Waals surface area contributed by atoms with E-state index in [1.807, 2.05) is 0 Å². The van der Waals surface area contributed by atoms with Gasteiger partial charge in [-0.3, -0.25) is 4.99 Å². The van der Waals surface area contributed by atoms with Crippen molar-refractivity contribution in [1.29, 1.82) is 0 Å². The third-order valence-corrected chi connectivity index (χ3v) is 5.09. The van der Waals surface area contributed by atoms with Crippen molar-refractivity contribution < 1.29 is 4.74 Å². The number of nitrogens with one attached hydrogen (secondary N) is 1. The van der Waals surface area contributed by atoms with Crippen molar-refractivity contribution in [2.45, 2.75) is 46.0 Å². The smallest absolute Gasteiger partial charge is 0.193 e. The Bertz CT molecular complexity index is 332. The summed E-state index contributed by atoms with van der Waals surface area (Å²) in [5, 5.41) is 3.48. The highest BCUT2D eigenvalue weighted by Gasteiger charge is 2.26. The fourth-order valence-electron chi connectivity index (χ4n) is 3.69. The van der Waals surface area contributed by atoms with E-state index in [1.165, 1.54) is 32.1 Å². The SMILES string of the molecule is CCNC(=NCC1CCCCC1C)N1CCC(COC)C1. The van der Waals surface area contributed by atoms with E-state index in [4.69, 9.17) is 9.73 Å². The number of nitrogens with zero attached hydrogens (tertiary/aromatic N) is 2. The Labute approximate surface area is 130 Å². The molecule has 2 rings (SSSR count). The first-order valence-corrected chi connectivity index (χ1v) is 8.76. The molecule has 0 bridgehead atoms. The van der Waals surface area contributed by atoms with E-state index in [1.54, 1.807) is 7.11 Å². The van der Waals surface area contributed by atoms with Gasteiger partial charge in [0.1, 0.15) is 0 Å². The van der Waals surface area contributed by atoms with E-state index in [9.17, 15) is 0 Å².